The maximum Gasteiger partial charge on any atom is 0.338 e. The number of benzene rings is 2. The highest BCUT2D eigenvalue weighted by molar-refractivity contribution is 5.93. The van der Waals surface area contributed by atoms with E-state index in [0.29, 0.717) is 40.9 Å². The van der Waals surface area contributed by atoms with Gasteiger partial charge in [-0.15, -0.1) is 15.0 Å². The number of nitrogens with zero attached hydrogens (tertiary/aromatic N) is 3. The van der Waals surface area contributed by atoms with E-state index in [4.69, 9.17) is 9.84 Å². The fraction of sp³-hybridized carbons (Fsp3) is 0.278. The van der Waals surface area contributed by atoms with Crippen LogP contribution in [0.5, 0.6) is 5.75 Å². The third-order valence-electron chi connectivity index (χ3n) is 3.85. The summed E-state index contributed by atoms with van der Waals surface area (Å²) in [4.78, 5) is 13.2. The molecule has 2 aromatic carbocycles. The van der Waals surface area contributed by atoms with Crippen LogP contribution in [0.25, 0.3) is 16.7 Å². The first-order valence-corrected chi connectivity index (χ1v) is 8.01. The summed E-state index contributed by atoms with van der Waals surface area (Å²) in [5.74, 6) is -0.338. The van der Waals surface area contributed by atoms with Crippen LogP contribution in [0.1, 0.15) is 28.4 Å². The van der Waals surface area contributed by atoms with Crippen LogP contribution in [0, 0.1) is 6.92 Å². The highest BCUT2D eigenvalue weighted by Crippen LogP contribution is 2.27. The molecule has 7 heteroatoms. The van der Waals surface area contributed by atoms with Crippen LogP contribution in [-0.4, -0.2) is 44.4 Å². The van der Waals surface area contributed by atoms with Gasteiger partial charge in [0.05, 0.1) is 12.2 Å². The summed E-state index contributed by atoms with van der Waals surface area (Å²) in [7, 11) is 0. The van der Waals surface area contributed by atoms with E-state index < -0.39 is 5.97 Å². The van der Waals surface area contributed by atoms with Gasteiger partial charge in [0.2, 0.25) is 0 Å². The summed E-state index contributed by atoms with van der Waals surface area (Å²) in [5, 5.41) is 28.2. The van der Waals surface area contributed by atoms with Crippen molar-refractivity contribution in [3.8, 4) is 11.4 Å². The number of ether oxygens (including phenoxy) is 1. The van der Waals surface area contributed by atoms with Gasteiger partial charge in [-0.3, -0.25) is 0 Å². The van der Waals surface area contributed by atoms with Crippen LogP contribution in [0.3, 0.4) is 0 Å². The molecule has 0 aliphatic heterocycles. The number of aromatic hydroxyl groups is 1. The first-order chi connectivity index (χ1) is 12.0. The Hall–Kier alpha value is -2.93. The van der Waals surface area contributed by atoms with Gasteiger partial charge in [-0.2, -0.15) is 0 Å². The molecule has 2 N–H and O–H groups in total. The first kappa shape index (κ1) is 16.9. The zero-order chi connectivity index (χ0) is 18.0. The average molecular weight is 341 g/mol. The molecule has 130 valence electrons. The van der Waals surface area contributed by atoms with Crippen molar-refractivity contribution < 1.29 is 19.7 Å². The standard InChI is InChI=1S/C18H19N3O4/c1-3-25-18(24)13-4-5-14-15(10-13)20-21(19-14)16-9-12(6-7-22)8-11(2)17(16)23/h4-5,8-10,22-23H,3,6-7H2,1-2H3. The molecule has 0 atom stereocenters. The smallest absolute Gasteiger partial charge is 0.338 e. The van der Waals surface area contributed by atoms with E-state index in [1.807, 2.05) is 6.07 Å². The molecule has 7 nitrogen and oxygen atoms in total. The Morgan fingerprint density at radius 1 is 1.20 bits per heavy atom. The molecule has 0 radical (unpaired) electrons. The number of rotatable bonds is 5. The molecule has 0 spiro atoms. The lowest BCUT2D eigenvalue weighted by Crippen LogP contribution is -2.04. The first-order valence-electron chi connectivity index (χ1n) is 8.01. The monoisotopic (exact) mass is 341 g/mol. The largest absolute Gasteiger partial charge is 0.505 e. The van der Waals surface area contributed by atoms with Crippen LogP contribution >= 0.6 is 0 Å². The number of phenolic OH excluding ortho intramolecular Hbond substituents is 1. The van der Waals surface area contributed by atoms with Gasteiger partial charge in [-0.25, -0.2) is 4.79 Å². The number of carbonyl (C=O) groups is 1. The van der Waals surface area contributed by atoms with E-state index in [2.05, 4.69) is 10.2 Å². The molecule has 1 heterocycles. The normalized spacial score (nSPS) is 11.0. The molecular weight excluding hydrogens is 322 g/mol. The lowest BCUT2D eigenvalue weighted by Gasteiger charge is -2.09. The summed E-state index contributed by atoms with van der Waals surface area (Å²) in [5.41, 5.74) is 3.50. The molecule has 0 bridgehead atoms. The van der Waals surface area contributed by atoms with Crippen LogP contribution in [-0.2, 0) is 11.2 Å². The van der Waals surface area contributed by atoms with Gasteiger partial charge < -0.3 is 14.9 Å². The van der Waals surface area contributed by atoms with Crippen molar-refractivity contribution in [2.75, 3.05) is 13.2 Å². The van der Waals surface area contributed by atoms with E-state index in [0.717, 1.165) is 5.56 Å². The van der Waals surface area contributed by atoms with Gasteiger partial charge in [0, 0.05) is 6.61 Å². The number of aliphatic hydroxyl groups is 1. The van der Waals surface area contributed by atoms with E-state index in [1.165, 1.54) is 4.80 Å². The Balaban J connectivity index is 2.06. The van der Waals surface area contributed by atoms with Crippen LogP contribution < -0.4 is 0 Å². The Labute approximate surface area is 144 Å². The summed E-state index contributed by atoms with van der Waals surface area (Å²) < 4.78 is 4.99. The van der Waals surface area contributed by atoms with Gasteiger partial charge in [0.15, 0.2) is 0 Å². The Morgan fingerprint density at radius 2 is 1.96 bits per heavy atom. The van der Waals surface area contributed by atoms with Crippen molar-refractivity contribution in [2.24, 2.45) is 0 Å². The predicted octanol–water partition coefficient (Wildman–Crippen LogP) is 2.15. The molecule has 0 saturated carbocycles. The van der Waals surface area contributed by atoms with E-state index in [1.54, 1.807) is 38.1 Å². The molecule has 0 aliphatic rings. The molecule has 3 aromatic rings. The van der Waals surface area contributed by atoms with Gasteiger partial charge in [0.25, 0.3) is 0 Å². The third-order valence-corrected chi connectivity index (χ3v) is 3.85. The molecule has 0 aliphatic carbocycles. The number of phenols is 1. The molecule has 0 saturated heterocycles. The quantitative estimate of drug-likeness (QED) is 0.690. The van der Waals surface area contributed by atoms with Gasteiger partial charge in [0.1, 0.15) is 22.5 Å². The molecule has 3 rings (SSSR count). The molecule has 0 fully saturated rings. The summed E-state index contributed by atoms with van der Waals surface area (Å²) >= 11 is 0. The maximum atomic E-state index is 11.8. The Kier molecular flexibility index (Phi) is 4.67. The number of hydrogen-bond donors (Lipinski definition) is 2. The topological polar surface area (TPSA) is 97.5 Å². The fourth-order valence-corrected chi connectivity index (χ4v) is 2.62. The summed E-state index contributed by atoms with van der Waals surface area (Å²) in [6.45, 7) is 3.84. The van der Waals surface area contributed by atoms with Crippen LogP contribution in [0.4, 0.5) is 0 Å². The number of aliphatic hydroxyl groups excluding tert-OH is 1. The SMILES string of the molecule is CCOC(=O)c1ccc2nn(-c3cc(CCO)cc(C)c3O)nc2c1. The fourth-order valence-electron chi connectivity index (χ4n) is 2.62. The van der Waals surface area contributed by atoms with Gasteiger partial charge >= 0.3 is 5.97 Å². The Bertz CT molecular complexity index is 933. The van der Waals surface area contributed by atoms with Crippen LogP contribution in [0.2, 0.25) is 0 Å². The average Bonchev–Trinajstić information content (AvgIpc) is 3.01. The number of fused-ring (bicyclic) bond motifs is 1. The lowest BCUT2D eigenvalue weighted by molar-refractivity contribution is 0.0526. The highest BCUT2D eigenvalue weighted by atomic mass is 16.5. The van der Waals surface area contributed by atoms with Crippen molar-refractivity contribution in [2.45, 2.75) is 20.3 Å². The Morgan fingerprint density at radius 3 is 2.68 bits per heavy atom. The number of esters is 1. The van der Waals surface area contributed by atoms with E-state index in [9.17, 15) is 9.90 Å². The molecular formula is C18H19N3O4. The predicted molar refractivity (Wildman–Crippen MR) is 92.0 cm³/mol. The lowest BCUT2D eigenvalue weighted by atomic mass is 10.1. The van der Waals surface area contributed by atoms with Crippen LogP contribution in [0.15, 0.2) is 30.3 Å². The third kappa shape index (κ3) is 3.32. The summed E-state index contributed by atoms with van der Waals surface area (Å²) in [6, 6.07) is 8.48. The van der Waals surface area contributed by atoms with Crippen molar-refractivity contribution in [1.29, 1.82) is 0 Å². The molecule has 25 heavy (non-hydrogen) atoms. The number of aromatic nitrogens is 3. The second kappa shape index (κ2) is 6.90. The second-order valence-corrected chi connectivity index (χ2v) is 5.67. The van der Waals surface area contributed by atoms with Gasteiger partial charge in [-0.05, 0) is 55.7 Å². The molecule has 0 amide bonds. The highest BCUT2D eigenvalue weighted by Gasteiger charge is 2.14. The van der Waals surface area contributed by atoms with Gasteiger partial charge in [-0.1, -0.05) is 6.07 Å². The van der Waals surface area contributed by atoms with Crippen molar-refractivity contribution in [3.05, 3.63) is 47.0 Å². The van der Waals surface area contributed by atoms with E-state index >= 15 is 0 Å². The minimum atomic E-state index is -0.414. The molecule has 0 unspecified atom stereocenters. The number of carbonyl (C=O) groups excluding carboxylic acids is 1. The molecule has 1 aromatic heterocycles. The minimum absolute atomic E-state index is 0.0149. The second-order valence-electron chi connectivity index (χ2n) is 5.67. The van der Waals surface area contributed by atoms with Crippen molar-refractivity contribution in [1.82, 2.24) is 15.0 Å². The van der Waals surface area contributed by atoms with E-state index in [-0.39, 0.29) is 12.4 Å². The number of hydrogen-bond acceptors (Lipinski definition) is 6. The van der Waals surface area contributed by atoms with Crippen molar-refractivity contribution in [3.63, 3.8) is 0 Å². The number of aryl methyl sites for hydroxylation is 1. The minimum Gasteiger partial charge on any atom is -0.505 e. The zero-order valence-electron chi connectivity index (χ0n) is 14.1. The zero-order valence-corrected chi connectivity index (χ0v) is 14.1. The summed E-state index contributed by atoms with van der Waals surface area (Å²) in [6.07, 6.45) is 0.474. The van der Waals surface area contributed by atoms with Crippen molar-refractivity contribution >= 4 is 17.0 Å². The maximum absolute atomic E-state index is 11.8.